The summed E-state index contributed by atoms with van der Waals surface area (Å²) >= 11 is 0. The molecule has 1 N–H and O–H groups in total. The maximum atomic E-state index is 10.7. The Bertz CT molecular complexity index is 511. The molecule has 0 aliphatic rings. The molecule has 0 saturated carbocycles. The van der Waals surface area contributed by atoms with Crippen molar-refractivity contribution in [3.05, 3.63) is 59.8 Å². The summed E-state index contributed by atoms with van der Waals surface area (Å²) in [7, 11) is 0. The number of rotatable bonds is 4. The van der Waals surface area contributed by atoms with Crippen LogP contribution in [0.4, 0.5) is 0 Å². The van der Waals surface area contributed by atoms with E-state index in [4.69, 9.17) is 9.84 Å². The predicted octanol–water partition coefficient (Wildman–Crippen LogP) is 2.36. The Morgan fingerprint density at radius 3 is 2.59 bits per heavy atom. The first-order valence-electron chi connectivity index (χ1n) is 5.13. The van der Waals surface area contributed by atoms with Crippen LogP contribution in [0.25, 0.3) is 0 Å². The Kier molecular flexibility index (Phi) is 3.35. The monoisotopic (exact) mass is 229 g/mol. The van der Waals surface area contributed by atoms with Gasteiger partial charge in [-0.1, -0.05) is 36.4 Å². The van der Waals surface area contributed by atoms with Gasteiger partial charge >= 0.3 is 5.97 Å². The molecule has 0 spiro atoms. The number of carbonyl (C=O) groups is 1. The number of aromatic nitrogens is 1. The van der Waals surface area contributed by atoms with Crippen molar-refractivity contribution >= 4 is 5.97 Å². The zero-order chi connectivity index (χ0) is 12.1. The number of hydrogen-bond donors (Lipinski definition) is 1. The molecule has 0 bridgehead atoms. The molecule has 0 saturated heterocycles. The summed E-state index contributed by atoms with van der Waals surface area (Å²) in [6.07, 6.45) is 0. The highest BCUT2D eigenvalue weighted by Crippen LogP contribution is 2.10. The van der Waals surface area contributed by atoms with Gasteiger partial charge in [0.05, 0.1) is 0 Å². The molecule has 0 aliphatic heterocycles. The molecule has 1 aromatic heterocycles. The Morgan fingerprint density at radius 1 is 1.12 bits per heavy atom. The number of hydrogen-bond acceptors (Lipinski definition) is 3. The molecule has 86 valence electrons. The predicted molar refractivity (Wildman–Crippen MR) is 62.0 cm³/mol. The van der Waals surface area contributed by atoms with Crippen LogP contribution < -0.4 is 4.74 Å². The lowest BCUT2D eigenvalue weighted by Crippen LogP contribution is -2.03. The van der Waals surface area contributed by atoms with Crippen molar-refractivity contribution in [2.24, 2.45) is 0 Å². The third kappa shape index (κ3) is 3.04. The van der Waals surface area contributed by atoms with Crippen LogP contribution >= 0.6 is 0 Å². The summed E-state index contributed by atoms with van der Waals surface area (Å²) in [6, 6.07) is 14.3. The van der Waals surface area contributed by atoms with Crippen LogP contribution in [0.1, 0.15) is 16.1 Å². The average molecular weight is 229 g/mol. The largest absolute Gasteiger partial charge is 0.477 e. The summed E-state index contributed by atoms with van der Waals surface area (Å²) in [5.74, 6) is -0.746. The molecule has 4 heteroatoms. The quantitative estimate of drug-likeness (QED) is 0.874. The number of benzene rings is 1. The molecule has 4 nitrogen and oxygen atoms in total. The fourth-order valence-electron chi connectivity index (χ4n) is 1.35. The van der Waals surface area contributed by atoms with Crippen LogP contribution in [-0.2, 0) is 6.61 Å². The van der Waals surface area contributed by atoms with Gasteiger partial charge in [-0.05, 0) is 11.6 Å². The van der Waals surface area contributed by atoms with E-state index >= 15 is 0 Å². The van der Waals surface area contributed by atoms with Crippen LogP contribution in [0, 0.1) is 0 Å². The lowest BCUT2D eigenvalue weighted by atomic mass is 10.2. The van der Waals surface area contributed by atoms with Crippen molar-refractivity contribution in [3.63, 3.8) is 0 Å². The van der Waals surface area contributed by atoms with E-state index in [0.29, 0.717) is 12.5 Å². The molecule has 2 aromatic rings. The van der Waals surface area contributed by atoms with Crippen molar-refractivity contribution in [1.29, 1.82) is 0 Å². The van der Waals surface area contributed by atoms with E-state index in [2.05, 4.69) is 4.98 Å². The molecule has 0 atom stereocenters. The molecule has 17 heavy (non-hydrogen) atoms. The highest BCUT2D eigenvalue weighted by atomic mass is 16.5. The highest BCUT2D eigenvalue weighted by Gasteiger charge is 2.05. The molecule has 0 amide bonds. The number of ether oxygens (including phenoxy) is 1. The van der Waals surface area contributed by atoms with E-state index in [-0.39, 0.29) is 5.69 Å². The SMILES string of the molecule is O=C(O)c1cccc(OCc2ccccc2)n1. The van der Waals surface area contributed by atoms with Crippen molar-refractivity contribution in [1.82, 2.24) is 4.98 Å². The lowest BCUT2D eigenvalue weighted by molar-refractivity contribution is 0.0689. The smallest absolute Gasteiger partial charge is 0.354 e. The summed E-state index contributed by atoms with van der Waals surface area (Å²) in [6.45, 7) is 0.372. The maximum absolute atomic E-state index is 10.7. The Labute approximate surface area is 98.5 Å². The van der Waals surface area contributed by atoms with E-state index in [0.717, 1.165) is 5.56 Å². The van der Waals surface area contributed by atoms with Gasteiger partial charge in [0.2, 0.25) is 5.88 Å². The number of carboxylic acid groups (broad SMARTS) is 1. The minimum absolute atomic E-state index is 0.0180. The summed E-state index contributed by atoms with van der Waals surface area (Å²) in [5, 5.41) is 8.78. The second-order valence-corrected chi connectivity index (χ2v) is 3.44. The molecule has 2 rings (SSSR count). The fourth-order valence-corrected chi connectivity index (χ4v) is 1.35. The molecule has 1 heterocycles. The standard InChI is InChI=1S/C13H11NO3/c15-13(16)11-7-4-8-12(14-11)17-9-10-5-2-1-3-6-10/h1-8H,9H2,(H,15,16). The third-order valence-electron chi connectivity index (χ3n) is 2.17. The van der Waals surface area contributed by atoms with Crippen LogP contribution in [0.5, 0.6) is 5.88 Å². The van der Waals surface area contributed by atoms with Gasteiger partial charge in [0.1, 0.15) is 6.61 Å². The minimum Gasteiger partial charge on any atom is -0.477 e. The van der Waals surface area contributed by atoms with Gasteiger partial charge in [-0.15, -0.1) is 0 Å². The molecule has 1 aromatic carbocycles. The van der Waals surface area contributed by atoms with Crippen molar-refractivity contribution < 1.29 is 14.6 Å². The second-order valence-electron chi connectivity index (χ2n) is 3.44. The van der Waals surface area contributed by atoms with Crippen molar-refractivity contribution in [3.8, 4) is 5.88 Å². The summed E-state index contributed by atoms with van der Waals surface area (Å²) < 4.78 is 5.41. The molecular formula is C13H11NO3. The lowest BCUT2D eigenvalue weighted by Gasteiger charge is -2.05. The molecular weight excluding hydrogens is 218 g/mol. The van der Waals surface area contributed by atoms with Gasteiger partial charge in [-0.25, -0.2) is 9.78 Å². The zero-order valence-electron chi connectivity index (χ0n) is 9.04. The topological polar surface area (TPSA) is 59.4 Å². The average Bonchev–Trinajstić information content (AvgIpc) is 2.38. The Hall–Kier alpha value is -2.36. The van der Waals surface area contributed by atoms with E-state index in [9.17, 15) is 4.79 Å². The van der Waals surface area contributed by atoms with Crippen LogP contribution in [0.3, 0.4) is 0 Å². The molecule has 0 aliphatic carbocycles. The van der Waals surface area contributed by atoms with Gasteiger partial charge in [-0.3, -0.25) is 0 Å². The van der Waals surface area contributed by atoms with Crippen molar-refractivity contribution in [2.75, 3.05) is 0 Å². The van der Waals surface area contributed by atoms with Crippen LogP contribution in [-0.4, -0.2) is 16.1 Å². The third-order valence-corrected chi connectivity index (χ3v) is 2.17. The van der Waals surface area contributed by atoms with Gasteiger partial charge in [0, 0.05) is 6.07 Å². The van der Waals surface area contributed by atoms with Crippen LogP contribution in [0.15, 0.2) is 48.5 Å². The molecule has 0 unspecified atom stereocenters. The van der Waals surface area contributed by atoms with E-state index in [1.54, 1.807) is 12.1 Å². The molecule has 0 fully saturated rings. The van der Waals surface area contributed by atoms with E-state index < -0.39 is 5.97 Å². The Morgan fingerprint density at radius 2 is 1.88 bits per heavy atom. The summed E-state index contributed by atoms with van der Waals surface area (Å²) in [5.41, 5.74) is 0.991. The van der Waals surface area contributed by atoms with Gasteiger partial charge < -0.3 is 9.84 Å². The van der Waals surface area contributed by atoms with E-state index in [1.807, 2.05) is 30.3 Å². The fraction of sp³-hybridized carbons (Fsp3) is 0.0769. The maximum Gasteiger partial charge on any atom is 0.354 e. The second kappa shape index (κ2) is 5.12. The number of nitrogens with zero attached hydrogens (tertiary/aromatic N) is 1. The summed E-state index contributed by atoms with van der Waals surface area (Å²) in [4.78, 5) is 14.6. The van der Waals surface area contributed by atoms with Gasteiger partial charge in [0.15, 0.2) is 5.69 Å². The number of pyridine rings is 1. The minimum atomic E-state index is -1.06. The normalized spacial score (nSPS) is 9.88. The number of carboxylic acids is 1. The first-order chi connectivity index (χ1) is 8.25. The van der Waals surface area contributed by atoms with Crippen molar-refractivity contribution in [2.45, 2.75) is 6.61 Å². The van der Waals surface area contributed by atoms with Gasteiger partial charge in [0.25, 0.3) is 0 Å². The highest BCUT2D eigenvalue weighted by molar-refractivity contribution is 5.85. The first kappa shape index (κ1) is 11.1. The number of aromatic carboxylic acids is 1. The molecule has 0 radical (unpaired) electrons. The first-order valence-corrected chi connectivity index (χ1v) is 5.13. The van der Waals surface area contributed by atoms with Crippen LogP contribution in [0.2, 0.25) is 0 Å². The van der Waals surface area contributed by atoms with E-state index in [1.165, 1.54) is 6.07 Å². The van der Waals surface area contributed by atoms with Gasteiger partial charge in [-0.2, -0.15) is 0 Å². The zero-order valence-corrected chi connectivity index (χ0v) is 9.04. The Balaban J connectivity index is 2.04.